The van der Waals surface area contributed by atoms with Crippen molar-refractivity contribution in [1.82, 2.24) is 0 Å². The molecule has 2 aromatic heterocycles. The second-order valence-electron chi connectivity index (χ2n) is 13.5. The van der Waals surface area contributed by atoms with Gasteiger partial charge in [0.2, 0.25) is 23.1 Å². The molecular formula is C38H30MgO10. The smallest absolute Gasteiger partial charge is 0.549 e. The van der Waals surface area contributed by atoms with Crippen LogP contribution in [0.3, 0.4) is 0 Å². The van der Waals surface area contributed by atoms with E-state index in [1.54, 1.807) is 52.0 Å². The van der Waals surface area contributed by atoms with Crippen molar-refractivity contribution in [3.05, 3.63) is 92.4 Å². The standard InChI is InChI=1S/2C19H16O5.Mg/c2*1-9-8-24-17-11-5-6-12-10(4-3-7-19(12,2)18(22)23)14(11)16(21)15(20)13(9)17;/h2*5-6,8H,3-4,7H2,1-2H3,(H,22,23);/q;;+2/p-2. The van der Waals surface area contributed by atoms with E-state index in [2.05, 4.69) is 0 Å². The summed E-state index contributed by atoms with van der Waals surface area (Å²) in [6, 6.07) is 6.83. The Morgan fingerprint density at radius 1 is 0.612 bits per heavy atom. The molecule has 0 bridgehead atoms. The monoisotopic (exact) mass is 670 g/mol. The Kier molecular flexibility index (Phi) is 8.23. The fourth-order valence-electron chi connectivity index (χ4n) is 7.98. The topological polar surface area (TPSA) is 175 Å². The average Bonchev–Trinajstić information content (AvgIpc) is 3.64. The third-order valence-electron chi connectivity index (χ3n) is 10.7. The van der Waals surface area contributed by atoms with Crippen molar-refractivity contribution in [2.45, 2.75) is 77.0 Å². The number of hydrogen-bond acceptors (Lipinski definition) is 10. The molecule has 0 spiro atoms. The molecule has 4 aromatic rings. The van der Waals surface area contributed by atoms with Crippen LogP contribution in [0.5, 0.6) is 0 Å². The molecule has 0 saturated carbocycles. The minimum Gasteiger partial charge on any atom is -0.549 e. The molecule has 2 unspecified atom stereocenters. The van der Waals surface area contributed by atoms with Gasteiger partial charge >= 0.3 is 23.1 Å². The molecule has 244 valence electrons. The molecule has 0 amide bonds. The largest absolute Gasteiger partial charge is 2.00 e. The minimum absolute atomic E-state index is 0. The fourth-order valence-corrected chi connectivity index (χ4v) is 7.98. The fraction of sp³-hybridized carbons (Fsp3) is 0.316. The van der Waals surface area contributed by atoms with E-state index in [-0.39, 0.29) is 23.1 Å². The van der Waals surface area contributed by atoms with Gasteiger partial charge in [-0.15, -0.1) is 0 Å². The molecule has 2 aromatic carbocycles. The maximum Gasteiger partial charge on any atom is 2.00 e. The molecule has 4 aliphatic rings. The van der Waals surface area contributed by atoms with Crippen LogP contribution in [0.2, 0.25) is 0 Å². The van der Waals surface area contributed by atoms with Gasteiger partial charge in [-0.1, -0.05) is 38.1 Å². The third kappa shape index (κ3) is 4.73. The minimum atomic E-state index is -1.16. The molecule has 0 aliphatic heterocycles. The van der Waals surface area contributed by atoms with Gasteiger partial charge in [-0.25, -0.2) is 0 Å². The van der Waals surface area contributed by atoms with Crippen LogP contribution in [0.15, 0.2) is 45.6 Å². The van der Waals surface area contributed by atoms with Crippen LogP contribution in [0.1, 0.15) is 114 Å². The third-order valence-corrected chi connectivity index (χ3v) is 10.7. The zero-order valence-electron chi connectivity index (χ0n) is 27.5. The Labute approximate surface area is 297 Å². The van der Waals surface area contributed by atoms with Gasteiger partial charge in [-0.3, -0.25) is 19.2 Å². The number of rotatable bonds is 2. The summed E-state index contributed by atoms with van der Waals surface area (Å²) in [5.41, 5.74) is 3.75. The summed E-state index contributed by atoms with van der Waals surface area (Å²) in [6.07, 6.45) is 6.22. The van der Waals surface area contributed by atoms with Gasteiger partial charge in [0, 0.05) is 33.1 Å². The van der Waals surface area contributed by atoms with Gasteiger partial charge in [0.1, 0.15) is 11.5 Å². The molecular weight excluding hydrogens is 641 g/mol. The van der Waals surface area contributed by atoms with Crippen LogP contribution in [0, 0.1) is 13.8 Å². The SMILES string of the molecule is Cc1coc2c1C(=O)C(=O)c1c-2ccc2c1CCCC2(C)C(=O)[O-].Cc1coc2c1C(=O)C(=O)c1c-2ccc2c1CCCC2(C)C(=O)[O-].[Mg+2]. The number of benzene rings is 2. The predicted molar refractivity (Wildman–Crippen MR) is 171 cm³/mol. The summed E-state index contributed by atoms with van der Waals surface area (Å²) in [7, 11) is 0. The van der Waals surface area contributed by atoms with Crippen LogP contribution < -0.4 is 10.2 Å². The zero-order chi connectivity index (χ0) is 34.4. The number of fused-ring (bicyclic) bond motifs is 10. The summed E-state index contributed by atoms with van der Waals surface area (Å²) >= 11 is 0. The van der Waals surface area contributed by atoms with Crippen LogP contribution in [-0.2, 0) is 33.3 Å². The Morgan fingerprint density at radius 2 is 0.959 bits per heavy atom. The number of carboxylic acids is 2. The maximum absolute atomic E-state index is 12.7. The quantitative estimate of drug-likeness (QED) is 0.226. The van der Waals surface area contributed by atoms with E-state index in [1.165, 1.54) is 12.5 Å². The van der Waals surface area contributed by atoms with Gasteiger partial charge in [-0.2, -0.15) is 0 Å². The van der Waals surface area contributed by atoms with Crippen molar-refractivity contribution >= 4 is 58.1 Å². The maximum atomic E-state index is 12.7. The normalized spacial score (nSPS) is 21.5. The van der Waals surface area contributed by atoms with Crippen molar-refractivity contribution in [3.63, 3.8) is 0 Å². The summed E-state index contributed by atoms with van der Waals surface area (Å²) in [5.74, 6) is -3.86. The predicted octanol–water partition coefficient (Wildman–Crippen LogP) is 3.58. The molecule has 10 nitrogen and oxygen atoms in total. The van der Waals surface area contributed by atoms with Gasteiger partial charge in [0.15, 0.2) is 0 Å². The van der Waals surface area contributed by atoms with E-state index in [0.29, 0.717) is 117 Å². The molecule has 4 aliphatic carbocycles. The molecule has 0 radical (unpaired) electrons. The van der Waals surface area contributed by atoms with Crippen molar-refractivity contribution in [3.8, 4) is 22.6 Å². The molecule has 11 heteroatoms. The van der Waals surface area contributed by atoms with Gasteiger partial charge in [-0.05, 0) is 85.8 Å². The van der Waals surface area contributed by atoms with Crippen LogP contribution >= 0.6 is 0 Å². The Bertz CT molecular complexity index is 2030. The molecule has 49 heavy (non-hydrogen) atoms. The number of Topliss-reactive ketones (excluding diaryl/α,β-unsaturated/α-hetero) is 4. The van der Waals surface area contributed by atoms with Crippen molar-refractivity contribution in [2.75, 3.05) is 0 Å². The Morgan fingerprint density at radius 3 is 1.31 bits per heavy atom. The summed E-state index contributed by atoms with van der Waals surface area (Å²) in [6.45, 7) is 6.68. The number of carbonyl (C=O) groups is 6. The summed E-state index contributed by atoms with van der Waals surface area (Å²) < 4.78 is 11.0. The van der Waals surface area contributed by atoms with Crippen molar-refractivity contribution in [2.24, 2.45) is 0 Å². The average molecular weight is 671 g/mol. The number of carbonyl (C=O) groups excluding carboxylic acids is 6. The first-order valence-electron chi connectivity index (χ1n) is 15.8. The van der Waals surface area contributed by atoms with Crippen LogP contribution in [-0.4, -0.2) is 58.1 Å². The van der Waals surface area contributed by atoms with Gasteiger partial charge < -0.3 is 28.6 Å². The molecule has 0 N–H and O–H groups in total. The number of hydrogen-bond donors (Lipinski definition) is 0. The second kappa shape index (κ2) is 11.8. The summed E-state index contributed by atoms with van der Waals surface area (Å²) in [5, 5.41) is 23.3. The molecule has 0 fully saturated rings. The van der Waals surface area contributed by atoms with E-state index in [1.807, 2.05) is 0 Å². The summed E-state index contributed by atoms with van der Waals surface area (Å²) in [4.78, 5) is 73.8. The van der Waals surface area contributed by atoms with Crippen LogP contribution in [0.4, 0.5) is 0 Å². The first kappa shape index (κ1) is 34.3. The second-order valence-corrected chi connectivity index (χ2v) is 13.5. The molecule has 2 heterocycles. The van der Waals surface area contributed by atoms with E-state index in [0.717, 1.165) is 0 Å². The first-order valence-corrected chi connectivity index (χ1v) is 15.8. The van der Waals surface area contributed by atoms with E-state index < -0.39 is 45.9 Å². The van der Waals surface area contributed by atoms with E-state index >= 15 is 0 Å². The van der Waals surface area contributed by atoms with E-state index in [4.69, 9.17) is 8.83 Å². The zero-order valence-corrected chi connectivity index (χ0v) is 28.9. The Hall–Kier alpha value is -4.61. The van der Waals surface area contributed by atoms with Crippen molar-refractivity contribution < 1.29 is 47.8 Å². The number of aryl methyl sites for hydroxylation is 2. The first-order chi connectivity index (χ1) is 22.7. The Balaban J connectivity index is 0.000000167. The van der Waals surface area contributed by atoms with E-state index in [9.17, 15) is 39.0 Å². The number of aliphatic carboxylic acids is 2. The number of furan rings is 2. The van der Waals surface area contributed by atoms with Gasteiger partial charge in [0.25, 0.3) is 0 Å². The van der Waals surface area contributed by atoms with Crippen LogP contribution in [0.25, 0.3) is 22.6 Å². The molecule has 2 atom stereocenters. The van der Waals surface area contributed by atoms with Crippen molar-refractivity contribution in [1.29, 1.82) is 0 Å². The van der Waals surface area contributed by atoms with Gasteiger partial charge in [0.05, 0.1) is 35.6 Å². The molecule has 8 rings (SSSR count). The number of carboxylic acid groups (broad SMARTS) is 2. The molecule has 0 saturated heterocycles. The number of ketones is 4.